The molecule has 3 aromatic rings. The number of methoxy groups -OCH3 is 1. The van der Waals surface area contributed by atoms with E-state index in [4.69, 9.17) is 9.15 Å². The molecule has 1 aliphatic heterocycles. The molecular formula is C21H22FN3O3S. The maximum absolute atomic E-state index is 13.9. The number of piperidine rings is 1. The molecular weight excluding hydrogens is 393 g/mol. The molecule has 152 valence electrons. The molecule has 0 unspecified atom stereocenters. The van der Waals surface area contributed by atoms with Crippen LogP contribution in [0.15, 0.2) is 47.2 Å². The van der Waals surface area contributed by atoms with Crippen molar-refractivity contribution in [3.8, 4) is 16.5 Å². The molecule has 1 aromatic carbocycles. The van der Waals surface area contributed by atoms with E-state index in [1.807, 2.05) is 12.1 Å². The highest BCUT2D eigenvalue weighted by atomic mass is 32.1. The van der Waals surface area contributed by atoms with Crippen molar-refractivity contribution in [2.75, 3.05) is 20.2 Å². The second kappa shape index (κ2) is 8.75. The van der Waals surface area contributed by atoms with Crippen molar-refractivity contribution in [1.29, 1.82) is 0 Å². The molecule has 4 rings (SSSR count). The monoisotopic (exact) mass is 415 g/mol. The van der Waals surface area contributed by atoms with Gasteiger partial charge in [0, 0.05) is 25.7 Å². The smallest absolute Gasteiger partial charge is 0.263 e. The van der Waals surface area contributed by atoms with E-state index >= 15 is 0 Å². The van der Waals surface area contributed by atoms with E-state index < -0.39 is 0 Å². The van der Waals surface area contributed by atoms with Gasteiger partial charge < -0.3 is 14.5 Å². The van der Waals surface area contributed by atoms with Crippen molar-refractivity contribution in [2.24, 2.45) is 0 Å². The number of nitrogens with one attached hydrogen (secondary N) is 1. The molecule has 2 aromatic heterocycles. The van der Waals surface area contributed by atoms with Crippen molar-refractivity contribution in [3.05, 3.63) is 59.0 Å². The average molecular weight is 415 g/mol. The third-order valence-electron chi connectivity index (χ3n) is 5.01. The second-order valence-electron chi connectivity index (χ2n) is 7.00. The topological polar surface area (TPSA) is 67.6 Å². The van der Waals surface area contributed by atoms with Gasteiger partial charge in [-0.3, -0.25) is 9.69 Å². The van der Waals surface area contributed by atoms with Crippen LogP contribution in [0, 0.1) is 5.82 Å². The zero-order chi connectivity index (χ0) is 20.2. The number of carbonyl (C=O) groups is 1. The van der Waals surface area contributed by atoms with Crippen LogP contribution in [0.4, 0.5) is 4.39 Å². The summed E-state index contributed by atoms with van der Waals surface area (Å²) in [5.74, 6) is 0.479. The van der Waals surface area contributed by atoms with Gasteiger partial charge in [0.25, 0.3) is 5.91 Å². The fraction of sp³-hybridized carbons (Fsp3) is 0.333. The summed E-state index contributed by atoms with van der Waals surface area (Å²) >= 11 is 1.32. The van der Waals surface area contributed by atoms with Gasteiger partial charge in [-0.25, -0.2) is 9.37 Å². The predicted molar refractivity (Wildman–Crippen MR) is 109 cm³/mol. The molecule has 1 fully saturated rings. The lowest BCUT2D eigenvalue weighted by molar-refractivity contribution is 0.0913. The lowest BCUT2D eigenvalue weighted by atomic mass is 10.0. The maximum atomic E-state index is 13.9. The van der Waals surface area contributed by atoms with Gasteiger partial charge in [0.05, 0.1) is 19.6 Å². The van der Waals surface area contributed by atoms with Gasteiger partial charge in [0.15, 0.2) is 22.3 Å². The largest absolute Gasteiger partial charge is 0.494 e. The van der Waals surface area contributed by atoms with Gasteiger partial charge in [0.2, 0.25) is 0 Å². The van der Waals surface area contributed by atoms with Crippen LogP contribution < -0.4 is 10.1 Å². The van der Waals surface area contributed by atoms with Gasteiger partial charge in [-0.05, 0) is 42.7 Å². The quantitative estimate of drug-likeness (QED) is 0.660. The first-order chi connectivity index (χ1) is 14.1. The summed E-state index contributed by atoms with van der Waals surface area (Å²) < 4.78 is 24.1. The van der Waals surface area contributed by atoms with Crippen LogP contribution in [-0.2, 0) is 6.54 Å². The Balaban J connectivity index is 1.27. The van der Waals surface area contributed by atoms with Crippen LogP contribution in [-0.4, -0.2) is 42.0 Å². The van der Waals surface area contributed by atoms with Crippen molar-refractivity contribution in [1.82, 2.24) is 15.2 Å². The number of thiazole rings is 1. The summed E-state index contributed by atoms with van der Waals surface area (Å²) in [6.45, 7) is 2.38. The number of benzene rings is 1. The summed E-state index contributed by atoms with van der Waals surface area (Å²) in [5, 5.41) is 3.80. The number of hydrogen-bond donors (Lipinski definition) is 1. The number of hydrogen-bond acceptors (Lipinski definition) is 6. The third-order valence-corrected chi connectivity index (χ3v) is 6.02. The Morgan fingerprint density at radius 2 is 2.21 bits per heavy atom. The zero-order valence-corrected chi connectivity index (χ0v) is 16.9. The van der Waals surface area contributed by atoms with E-state index in [9.17, 15) is 9.18 Å². The molecule has 1 aliphatic rings. The molecule has 29 heavy (non-hydrogen) atoms. The number of carbonyl (C=O) groups excluding carboxylic acids is 1. The number of likely N-dealkylation sites (tertiary alicyclic amines) is 1. The molecule has 3 heterocycles. The summed E-state index contributed by atoms with van der Waals surface area (Å²) in [6.07, 6.45) is 4.89. The van der Waals surface area contributed by atoms with E-state index in [-0.39, 0.29) is 23.5 Å². The maximum Gasteiger partial charge on any atom is 0.263 e. The van der Waals surface area contributed by atoms with Crippen molar-refractivity contribution < 1.29 is 18.3 Å². The van der Waals surface area contributed by atoms with Crippen molar-refractivity contribution in [2.45, 2.75) is 25.4 Å². The van der Waals surface area contributed by atoms with Gasteiger partial charge in [0.1, 0.15) is 4.88 Å². The Kier molecular flexibility index (Phi) is 5.92. The van der Waals surface area contributed by atoms with Crippen LogP contribution in [0.2, 0.25) is 0 Å². The molecule has 0 bridgehead atoms. The number of ether oxygens (including phenoxy) is 1. The highest BCUT2D eigenvalue weighted by molar-refractivity contribution is 7.16. The molecule has 8 heteroatoms. The first-order valence-corrected chi connectivity index (χ1v) is 10.3. The Bertz CT molecular complexity index is 965. The highest BCUT2D eigenvalue weighted by Crippen LogP contribution is 2.26. The van der Waals surface area contributed by atoms with Gasteiger partial charge in [-0.15, -0.1) is 11.3 Å². The van der Waals surface area contributed by atoms with Gasteiger partial charge >= 0.3 is 0 Å². The summed E-state index contributed by atoms with van der Waals surface area (Å²) in [4.78, 5) is 19.6. The van der Waals surface area contributed by atoms with Gasteiger partial charge in [-0.2, -0.15) is 0 Å². The molecule has 1 N–H and O–H groups in total. The SMILES string of the molecule is COc1ccc(CN2CCC(NC(=O)c3cnc(-c4ccco4)s3)CC2)cc1F. The minimum atomic E-state index is -0.342. The van der Waals surface area contributed by atoms with Crippen molar-refractivity contribution >= 4 is 17.2 Å². The fourth-order valence-corrected chi connectivity index (χ4v) is 4.24. The van der Waals surface area contributed by atoms with Crippen LogP contribution >= 0.6 is 11.3 Å². The number of rotatable bonds is 6. The van der Waals surface area contributed by atoms with E-state index in [1.54, 1.807) is 24.6 Å². The molecule has 0 aliphatic carbocycles. The van der Waals surface area contributed by atoms with E-state index in [0.717, 1.165) is 31.5 Å². The standard InChI is InChI=1S/C21H22FN3O3S/c1-27-17-5-4-14(11-16(17)22)13-25-8-6-15(7-9-25)24-20(26)19-12-23-21(29-19)18-3-2-10-28-18/h2-5,10-12,15H,6-9,13H2,1H3,(H,24,26). The van der Waals surface area contributed by atoms with Crippen LogP contribution in [0.25, 0.3) is 10.8 Å². The normalized spacial score (nSPS) is 15.4. The number of amides is 1. The molecule has 0 saturated carbocycles. The average Bonchev–Trinajstić information content (AvgIpc) is 3.41. The Labute approximate surface area is 172 Å². The number of aromatic nitrogens is 1. The molecule has 0 spiro atoms. The molecule has 1 amide bonds. The summed E-state index contributed by atoms with van der Waals surface area (Å²) in [6, 6.07) is 8.81. The lowest BCUT2D eigenvalue weighted by Crippen LogP contribution is -2.44. The van der Waals surface area contributed by atoms with Crippen molar-refractivity contribution in [3.63, 3.8) is 0 Å². The fourth-order valence-electron chi connectivity index (χ4n) is 3.45. The number of nitrogens with zero attached hydrogens (tertiary/aromatic N) is 2. The van der Waals surface area contributed by atoms with E-state index in [2.05, 4.69) is 15.2 Å². The van der Waals surface area contributed by atoms with Crippen LogP contribution in [0.5, 0.6) is 5.75 Å². The zero-order valence-electron chi connectivity index (χ0n) is 16.1. The van der Waals surface area contributed by atoms with E-state index in [1.165, 1.54) is 24.5 Å². The van der Waals surface area contributed by atoms with Crippen LogP contribution in [0.1, 0.15) is 28.1 Å². The van der Waals surface area contributed by atoms with E-state index in [0.29, 0.717) is 22.2 Å². The highest BCUT2D eigenvalue weighted by Gasteiger charge is 2.22. The predicted octanol–water partition coefficient (Wildman–Crippen LogP) is 3.95. The number of halogens is 1. The first-order valence-electron chi connectivity index (χ1n) is 9.47. The summed E-state index contributed by atoms with van der Waals surface area (Å²) in [7, 11) is 1.46. The molecule has 0 atom stereocenters. The Hall–Kier alpha value is -2.71. The Morgan fingerprint density at radius 3 is 2.90 bits per heavy atom. The lowest BCUT2D eigenvalue weighted by Gasteiger charge is -2.32. The minimum absolute atomic E-state index is 0.101. The van der Waals surface area contributed by atoms with Crippen LogP contribution in [0.3, 0.4) is 0 Å². The summed E-state index contributed by atoms with van der Waals surface area (Å²) in [5.41, 5.74) is 0.918. The Morgan fingerprint density at radius 1 is 1.38 bits per heavy atom. The molecule has 1 saturated heterocycles. The third kappa shape index (κ3) is 4.65. The minimum Gasteiger partial charge on any atom is -0.494 e. The molecule has 0 radical (unpaired) electrons. The second-order valence-corrected chi connectivity index (χ2v) is 8.03. The first kappa shape index (κ1) is 19.6. The molecule has 6 nitrogen and oxygen atoms in total. The number of furan rings is 1. The van der Waals surface area contributed by atoms with Gasteiger partial charge in [-0.1, -0.05) is 6.07 Å².